The second kappa shape index (κ2) is 6.69. The summed E-state index contributed by atoms with van der Waals surface area (Å²) in [6.07, 6.45) is 0. The summed E-state index contributed by atoms with van der Waals surface area (Å²) in [6.45, 7) is 2.08. The van der Waals surface area contributed by atoms with Gasteiger partial charge in [-0.2, -0.15) is 0 Å². The highest BCUT2D eigenvalue weighted by Gasteiger charge is 2.08. The van der Waals surface area contributed by atoms with Crippen molar-refractivity contribution in [3.63, 3.8) is 0 Å². The van der Waals surface area contributed by atoms with Gasteiger partial charge in [0.15, 0.2) is 0 Å². The Morgan fingerprint density at radius 2 is 2.05 bits per heavy atom. The predicted octanol–water partition coefficient (Wildman–Crippen LogP) is 5.71. The van der Waals surface area contributed by atoms with Crippen LogP contribution in [0.25, 0.3) is 0 Å². The summed E-state index contributed by atoms with van der Waals surface area (Å²) in [5.41, 5.74) is 2.35. The molecule has 2 aromatic rings. The topological polar surface area (TPSA) is 9.23 Å². The smallest absolute Gasteiger partial charge is 0.122 e. The molecular formula is C15H14BrClOS. The molecule has 2 aromatic carbocycles. The lowest BCUT2D eigenvalue weighted by atomic mass is 10.2. The van der Waals surface area contributed by atoms with Gasteiger partial charge in [-0.05, 0) is 36.8 Å². The third-order valence-corrected chi connectivity index (χ3v) is 4.98. The standard InChI is InChI=1S/C15H14BrClOS/c1-10-4-3-5-13(17)15(10)19-9-11-8-12(16)6-7-14(11)18-2/h3-8H,9H2,1-2H3. The normalized spacial score (nSPS) is 10.5. The minimum absolute atomic E-state index is 0.805. The average molecular weight is 358 g/mol. The van der Waals surface area contributed by atoms with E-state index in [1.165, 1.54) is 5.56 Å². The van der Waals surface area contributed by atoms with Gasteiger partial charge in [-0.1, -0.05) is 39.7 Å². The van der Waals surface area contributed by atoms with E-state index < -0.39 is 0 Å². The maximum atomic E-state index is 6.24. The van der Waals surface area contributed by atoms with Crippen LogP contribution in [0.4, 0.5) is 0 Å². The molecule has 0 radical (unpaired) electrons. The van der Waals surface area contributed by atoms with Crippen LogP contribution in [-0.4, -0.2) is 7.11 Å². The number of ether oxygens (including phenoxy) is 1. The molecule has 0 fully saturated rings. The second-order valence-corrected chi connectivity index (χ2v) is 6.44. The summed E-state index contributed by atoms with van der Waals surface area (Å²) in [5.74, 6) is 1.73. The fourth-order valence-corrected chi connectivity index (χ4v) is 3.63. The SMILES string of the molecule is COc1ccc(Br)cc1CSc1c(C)cccc1Cl. The third-order valence-electron chi connectivity index (χ3n) is 2.78. The first-order valence-corrected chi connectivity index (χ1v) is 7.98. The van der Waals surface area contributed by atoms with Gasteiger partial charge in [-0.15, -0.1) is 11.8 Å². The highest BCUT2D eigenvalue weighted by atomic mass is 79.9. The molecule has 0 aromatic heterocycles. The number of aryl methyl sites for hydroxylation is 1. The quantitative estimate of drug-likeness (QED) is 0.648. The van der Waals surface area contributed by atoms with E-state index in [2.05, 4.69) is 35.0 Å². The molecule has 0 bridgehead atoms. The minimum atomic E-state index is 0.805. The van der Waals surface area contributed by atoms with Crippen LogP contribution >= 0.6 is 39.3 Å². The van der Waals surface area contributed by atoms with Crippen LogP contribution in [0.15, 0.2) is 45.8 Å². The number of hydrogen-bond donors (Lipinski definition) is 0. The van der Waals surface area contributed by atoms with Crippen molar-refractivity contribution < 1.29 is 4.74 Å². The fourth-order valence-electron chi connectivity index (χ4n) is 1.81. The molecule has 1 nitrogen and oxygen atoms in total. The molecule has 0 spiro atoms. The van der Waals surface area contributed by atoms with Gasteiger partial charge in [-0.25, -0.2) is 0 Å². The number of benzene rings is 2. The number of thioether (sulfide) groups is 1. The number of hydrogen-bond acceptors (Lipinski definition) is 2. The Morgan fingerprint density at radius 1 is 1.26 bits per heavy atom. The largest absolute Gasteiger partial charge is 0.496 e. The van der Waals surface area contributed by atoms with Crippen LogP contribution < -0.4 is 4.74 Å². The van der Waals surface area contributed by atoms with Crippen LogP contribution in [0.3, 0.4) is 0 Å². The van der Waals surface area contributed by atoms with Crippen LogP contribution in [0.1, 0.15) is 11.1 Å². The molecule has 2 rings (SSSR count). The van der Waals surface area contributed by atoms with Crippen LogP contribution in [0.2, 0.25) is 5.02 Å². The second-order valence-electron chi connectivity index (χ2n) is 4.13. The van der Waals surface area contributed by atoms with Crippen molar-refractivity contribution >= 4 is 39.3 Å². The monoisotopic (exact) mass is 356 g/mol. The molecule has 0 N–H and O–H groups in total. The lowest BCUT2D eigenvalue weighted by molar-refractivity contribution is 0.411. The molecule has 100 valence electrons. The zero-order valence-corrected chi connectivity index (χ0v) is 13.9. The van der Waals surface area contributed by atoms with Crippen LogP contribution in [0.5, 0.6) is 5.75 Å². The Morgan fingerprint density at radius 3 is 2.74 bits per heavy atom. The number of halogens is 2. The first-order valence-electron chi connectivity index (χ1n) is 5.82. The van der Waals surface area contributed by atoms with Gasteiger partial charge in [0, 0.05) is 20.7 Å². The molecule has 19 heavy (non-hydrogen) atoms. The van der Waals surface area contributed by atoms with Gasteiger partial charge < -0.3 is 4.74 Å². The van der Waals surface area contributed by atoms with Crippen LogP contribution in [0, 0.1) is 6.92 Å². The molecule has 0 unspecified atom stereocenters. The van der Waals surface area contributed by atoms with E-state index in [1.54, 1.807) is 18.9 Å². The molecule has 0 aliphatic rings. The van der Waals surface area contributed by atoms with Crippen molar-refractivity contribution in [2.75, 3.05) is 7.11 Å². The molecule has 0 aliphatic heterocycles. The Bertz CT molecular complexity index is 566. The highest BCUT2D eigenvalue weighted by Crippen LogP contribution is 2.35. The number of rotatable bonds is 4. The van der Waals surface area contributed by atoms with Crippen molar-refractivity contribution in [1.29, 1.82) is 0 Å². The summed E-state index contributed by atoms with van der Waals surface area (Å²) in [6, 6.07) is 12.0. The Hall–Kier alpha value is -0.640. The molecule has 0 amide bonds. The summed E-state index contributed by atoms with van der Waals surface area (Å²) >= 11 is 11.5. The molecular weight excluding hydrogens is 344 g/mol. The maximum absolute atomic E-state index is 6.24. The van der Waals surface area contributed by atoms with Crippen molar-refractivity contribution in [3.05, 3.63) is 57.0 Å². The summed E-state index contributed by atoms with van der Waals surface area (Å²) in [5, 5.41) is 0.805. The number of methoxy groups -OCH3 is 1. The third kappa shape index (κ3) is 3.68. The van der Waals surface area contributed by atoms with E-state index in [4.69, 9.17) is 16.3 Å². The zero-order valence-electron chi connectivity index (χ0n) is 10.7. The Labute approximate surface area is 131 Å². The van der Waals surface area contributed by atoms with Gasteiger partial charge in [0.25, 0.3) is 0 Å². The van der Waals surface area contributed by atoms with E-state index >= 15 is 0 Å². The van der Waals surface area contributed by atoms with E-state index in [0.717, 1.165) is 31.5 Å². The highest BCUT2D eigenvalue weighted by molar-refractivity contribution is 9.10. The van der Waals surface area contributed by atoms with E-state index in [9.17, 15) is 0 Å². The van der Waals surface area contributed by atoms with E-state index in [1.807, 2.05) is 24.3 Å². The zero-order chi connectivity index (χ0) is 13.8. The van der Waals surface area contributed by atoms with Crippen molar-refractivity contribution in [3.8, 4) is 5.75 Å². The Kier molecular flexibility index (Phi) is 5.20. The molecule has 0 saturated heterocycles. The Balaban J connectivity index is 2.21. The van der Waals surface area contributed by atoms with E-state index in [0.29, 0.717) is 0 Å². The summed E-state index contributed by atoms with van der Waals surface area (Å²) < 4.78 is 6.44. The lowest BCUT2D eigenvalue weighted by Gasteiger charge is -2.11. The van der Waals surface area contributed by atoms with Crippen molar-refractivity contribution in [2.24, 2.45) is 0 Å². The first kappa shape index (κ1) is 14.8. The predicted molar refractivity (Wildman–Crippen MR) is 86.4 cm³/mol. The molecule has 0 aliphatic carbocycles. The van der Waals surface area contributed by atoms with Gasteiger partial charge in [0.1, 0.15) is 5.75 Å². The van der Waals surface area contributed by atoms with E-state index in [-0.39, 0.29) is 0 Å². The maximum Gasteiger partial charge on any atom is 0.122 e. The molecule has 0 saturated carbocycles. The minimum Gasteiger partial charge on any atom is -0.496 e. The molecule has 0 atom stereocenters. The first-order chi connectivity index (χ1) is 9.11. The molecule has 0 heterocycles. The lowest BCUT2D eigenvalue weighted by Crippen LogP contribution is -1.91. The van der Waals surface area contributed by atoms with Gasteiger partial charge >= 0.3 is 0 Å². The average Bonchev–Trinajstić information content (AvgIpc) is 2.38. The van der Waals surface area contributed by atoms with Gasteiger partial charge in [0.2, 0.25) is 0 Å². The summed E-state index contributed by atoms with van der Waals surface area (Å²) in [4.78, 5) is 1.13. The van der Waals surface area contributed by atoms with Crippen LogP contribution in [-0.2, 0) is 5.75 Å². The van der Waals surface area contributed by atoms with Crippen molar-refractivity contribution in [2.45, 2.75) is 17.6 Å². The fraction of sp³-hybridized carbons (Fsp3) is 0.200. The molecule has 4 heteroatoms. The van der Waals surface area contributed by atoms with Gasteiger partial charge in [-0.3, -0.25) is 0 Å². The van der Waals surface area contributed by atoms with Gasteiger partial charge in [0.05, 0.1) is 12.1 Å². The summed E-state index contributed by atoms with van der Waals surface area (Å²) in [7, 11) is 1.69. The van der Waals surface area contributed by atoms with Crippen molar-refractivity contribution in [1.82, 2.24) is 0 Å².